The van der Waals surface area contributed by atoms with E-state index >= 15 is 0 Å². The van der Waals surface area contributed by atoms with Gasteiger partial charge in [0.1, 0.15) is 0 Å². The SMILES string of the molecule is CNC(c1ccc(C)nc1)C1(N(C)C)CCC(C)CC1. The molecule has 3 nitrogen and oxygen atoms in total. The van der Waals surface area contributed by atoms with Crippen molar-refractivity contribution in [3.63, 3.8) is 0 Å². The largest absolute Gasteiger partial charge is 0.311 e. The zero-order valence-corrected chi connectivity index (χ0v) is 13.6. The number of nitrogens with zero attached hydrogens (tertiary/aromatic N) is 2. The van der Waals surface area contributed by atoms with Crippen LogP contribution in [-0.2, 0) is 0 Å². The van der Waals surface area contributed by atoms with Crippen molar-refractivity contribution in [3.8, 4) is 0 Å². The van der Waals surface area contributed by atoms with E-state index in [1.165, 1.54) is 31.2 Å². The van der Waals surface area contributed by atoms with Crippen molar-refractivity contribution in [3.05, 3.63) is 29.6 Å². The van der Waals surface area contributed by atoms with Gasteiger partial charge in [0, 0.05) is 17.4 Å². The Balaban J connectivity index is 2.33. The Bertz CT molecular complexity index is 416. The van der Waals surface area contributed by atoms with Crippen LogP contribution in [0.3, 0.4) is 0 Å². The number of hydrogen-bond donors (Lipinski definition) is 1. The molecule has 1 aliphatic carbocycles. The van der Waals surface area contributed by atoms with E-state index in [0.29, 0.717) is 6.04 Å². The average molecular weight is 275 g/mol. The summed E-state index contributed by atoms with van der Waals surface area (Å²) in [6.45, 7) is 4.42. The molecule has 1 aliphatic rings. The molecule has 1 atom stereocenters. The Morgan fingerprint density at radius 1 is 1.30 bits per heavy atom. The van der Waals surface area contributed by atoms with Crippen LogP contribution in [0.5, 0.6) is 0 Å². The van der Waals surface area contributed by atoms with Gasteiger partial charge in [-0.25, -0.2) is 0 Å². The maximum Gasteiger partial charge on any atom is 0.0519 e. The van der Waals surface area contributed by atoms with Crippen LogP contribution >= 0.6 is 0 Å². The smallest absolute Gasteiger partial charge is 0.0519 e. The fourth-order valence-corrected chi connectivity index (χ4v) is 3.65. The number of likely N-dealkylation sites (N-methyl/N-ethyl adjacent to an activating group) is 2. The van der Waals surface area contributed by atoms with Gasteiger partial charge >= 0.3 is 0 Å². The van der Waals surface area contributed by atoms with Crippen molar-refractivity contribution in [1.82, 2.24) is 15.2 Å². The normalized spacial score (nSPS) is 28.6. The number of nitrogens with one attached hydrogen (secondary N) is 1. The van der Waals surface area contributed by atoms with Gasteiger partial charge in [0.05, 0.1) is 6.04 Å². The van der Waals surface area contributed by atoms with Gasteiger partial charge in [0.15, 0.2) is 0 Å². The van der Waals surface area contributed by atoms with Gasteiger partial charge in [-0.3, -0.25) is 4.98 Å². The molecule has 0 bridgehead atoms. The van der Waals surface area contributed by atoms with E-state index in [-0.39, 0.29) is 5.54 Å². The molecular formula is C17H29N3. The number of aryl methyl sites for hydroxylation is 1. The quantitative estimate of drug-likeness (QED) is 0.915. The first kappa shape index (κ1) is 15.5. The standard InChI is InChI=1S/C17H29N3/c1-13-8-10-17(11-9-13,20(4)5)16(18-3)15-7-6-14(2)19-12-15/h6-7,12-13,16,18H,8-11H2,1-5H3. The van der Waals surface area contributed by atoms with Crippen LogP contribution in [-0.4, -0.2) is 36.6 Å². The molecule has 0 aromatic carbocycles. The summed E-state index contributed by atoms with van der Waals surface area (Å²) in [4.78, 5) is 6.92. The number of aromatic nitrogens is 1. The van der Waals surface area contributed by atoms with Gasteiger partial charge in [-0.05, 0) is 71.3 Å². The van der Waals surface area contributed by atoms with Crippen molar-refractivity contribution in [2.24, 2.45) is 5.92 Å². The van der Waals surface area contributed by atoms with E-state index in [2.05, 4.69) is 55.4 Å². The Kier molecular flexibility index (Phi) is 4.82. The molecular weight excluding hydrogens is 246 g/mol. The molecule has 1 aromatic heterocycles. The lowest BCUT2D eigenvalue weighted by atomic mass is 9.70. The highest BCUT2D eigenvalue weighted by atomic mass is 15.2. The molecule has 2 rings (SSSR count). The summed E-state index contributed by atoms with van der Waals surface area (Å²) in [5, 5.41) is 3.56. The molecule has 0 aliphatic heterocycles. The van der Waals surface area contributed by atoms with Crippen molar-refractivity contribution in [2.45, 2.75) is 51.1 Å². The Morgan fingerprint density at radius 3 is 2.40 bits per heavy atom. The van der Waals surface area contributed by atoms with Gasteiger partial charge in [-0.1, -0.05) is 13.0 Å². The fourth-order valence-electron chi connectivity index (χ4n) is 3.65. The highest BCUT2D eigenvalue weighted by molar-refractivity contribution is 5.22. The second kappa shape index (κ2) is 6.23. The average Bonchev–Trinajstić information content (AvgIpc) is 2.43. The topological polar surface area (TPSA) is 28.2 Å². The van der Waals surface area contributed by atoms with E-state index in [1.807, 2.05) is 13.1 Å². The summed E-state index contributed by atoms with van der Waals surface area (Å²) in [6, 6.07) is 4.69. The van der Waals surface area contributed by atoms with E-state index in [4.69, 9.17) is 0 Å². The second-order valence-corrected chi connectivity index (χ2v) is 6.64. The third-order valence-electron chi connectivity index (χ3n) is 5.12. The molecule has 1 saturated carbocycles. The maximum absolute atomic E-state index is 4.49. The highest BCUT2D eigenvalue weighted by Gasteiger charge is 2.43. The molecule has 1 fully saturated rings. The monoisotopic (exact) mass is 275 g/mol. The summed E-state index contributed by atoms with van der Waals surface area (Å²) >= 11 is 0. The van der Waals surface area contributed by atoms with Crippen molar-refractivity contribution < 1.29 is 0 Å². The molecule has 1 unspecified atom stereocenters. The summed E-state index contributed by atoms with van der Waals surface area (Å²) in [7, 11) is 6.53. The van der Waals surface area contributed by atoms with Crippen molar-refractivity contribution in [2.75, 3.05) is 21.1 Å². The molecule has 0 spiro atoms. The summed E-state index contributed by atoms with van der Waals surface area (Å²) in [5.74, 6) is 0.858. The van der Waals surface area contributed by atoms with Gasteiger partial charge in [0.2, 0.25) is 0 Å². The van der Waals surface area contributed by atoms with Crippen LogP contribution in [0, 0.1) is 12.8 Å². The van der Waals surface area contributed by atoms with E-state index < -0.39 is 0 Å². The molecule has 112 valence electrons. The van der Waals surface area contributed by atoms with Gasteiger partial charge in [-0.2, -0.15) is 0 Å². The van der Waals surface area contributed by atoms with Gasteiger partial charge in [-0.15, -0.1) is 0 Å². The number of rotatable bonds is 4. The Morgan fingerprint density at radius 2 is 1.95 bits per heavy atom. The highest BCUT2D eigenvalue weighted by Crippen LogP contribution is 2.43. The minimum absolute atomic E-state index is 0.207. The molecule has 3 heteroatoms. The summed E-state index contributed by atoms with van der Waals surface area (Å²) in [5.41, 5.74) is 2.60. The summed E-state index contributed by atoms with van der Waals surface area (Å²) < 4.78 is 0. The second-order valence-electron chi connectivity index (χ2n) is 6.64. The van der Waals surface area contributed by atoms with Crippen LogP contribution < -0.4 is 5.32 Å². The molecule has 0 radical (unpaired) electrons. The summed E-state index contributed by atoms with van der Waals surface area (Å²) in [6.07, 6.45) is 7.17. The lowest BCUT2D eigenvalue weighted by molar-refractivity contribution is 0.0454. The first-order chi connectivity index (χ1) is 9.49. The van der Waals surface area contributed by atoms with Crippen LogP contribution in [0.1, 0.15) is 49.9 Å². The Hall–Kier alpha value is -0.930. The van der Waals surface area contributed by atoms with Crippen LogP contribution in [0.25, 0.3) is 0 Å². The fraction of sp³-hybridized carbons (Fsp3) is 0.706. The van der Waals surface area contributed by atoms with Crippen LogP contribution in [0.15, 0.2) is 18.3 Å². The van der Waals surface area contributed by atoms with E-state index in [1.54, 1.807) is 0 Å². The van der Waals surface area contributed by atoms with Crippen LogP contribution in [0.2, 0.25) is 0 Å². The van der Waals surface area contributed by atoms with Crippen molar-refractivity contribution in [1.29, 1.82) is 0 Å². The molecule has 0 amide bonds. The van der Waals surface area contributed by atoms with Crippen LogP contribution in [0.4, 0.5) is 0 Å². The van der Waals surface area contributed by atoms with Crippen molar-refractivity contribution >= 4 is 0 Å². The Labute approximate surface area is 123 Å². The predicted molar refractivity (Wildman–Crippen MR) is 84.8 cm³/mol. The van der Waals surface area contributed by atoms with Gasteiger partial charge in [0.25, 0.3) is 0 Å². The zero-order valence-electron chi connectivity index (χ0n) is 13.6. The third-order valence-corrected chi connectivity index (χ3v) is 5.12. The van der Waals surface area contributed by atoms with E-state index in [9.17, 15) is 0 Å². The molecule has 1 aromatic rings. The number of hydrogen-bond acceptors (Lipinski definition) is 3. The lowest BCUT2D eigenvalue weighted by Crippen LogP contribution is -2.55. The predicted octanol–water partition coefficient (Wildman–Crippen LogP) is 3.16. The van der Waals surface area contributed by atoms with Gasteiger partial charge < -0.3 is 10.2 Å². The molecule has 1 N–H and O–H groups in total. The third kappa shape index (κ3) is 2.89. The molecule has 20 heavy (non-hydrogen) atoms. The molecule has 0 saturated heterocycles. The minimum atomic E-state index is 0.207. The lowest BCUT2D eigenvalue weighted by Gasteiger charge is -2.49. The molecule has 1 heterocycles. The maximum atomic E-state index is 4.49. The number of pyridine rings is 1. The zero-order chi connectivity index (χ0) is 14.8. The first-order valence-corrected chi connectivity index (χ1v) is 7.77. The minimum Gasteiger partial charge on any atom is -0.311 e. The first-order valence-electron chi connectivity index (χ1n) is 7.77. The van der Waals surface area contributed by atoms with E-state index in [0.717, 1.165) is 11.6 Å².